The van der Waals surface area contributed by atoms with Crippen LogP contribution < -0.4 is 4.90 Å². The first kappa shape index (κ1) is 11.9. The Balaban J connectivity index is 2.79. The third-order valence-corrected chi connectivity index (χ3v) is 2.14. The molecular formula is C11H18N2O2. The third kappa shape index (κ3) is 3.49. The summed E-state index contributed by atoms with van der Waals surface area (Å²) in [5, 5.41) is 17.9. The van der Waals surface area contributed by atoms with E-state index in [4.69, 9.17) is 10.2 Å². The molecule has 1 aromatic rings. The van der Waals surface area contributed by atoms with Gasteiger partial charge in [0.05, 0.1) is 18.9 Å². The first-order chi connectivity index (χ1) is 7.31. The van der Waals surface area contributed by atoms with Crippen molar-refractivity contribution < 1.29 is 10.2 Å². The number of hydrogen-bond acceptors (Lipinski definition) is 4. The quantitative estimate of drug-likeness (QED) is 0.728. The molecule has 0 unspecified atom stereocenters. The fourth-order valence-electron chi connectivity index (χ4n) is 1.46. The number of anilines is 1. The zero-order valence-electron chi connectivity index (χ0n) is 9.06. The van der Waals surface area contributed by atoms with E-state index < -0.39 is 0 Å². The topological polar surface area (TPSA) is 56.6 Å². The minimum atomic E-state index is -0.0487. The van der Waals surface area contributed by atoms with Gasteiger partial charge < -0.3 is 15.1 Å². The van der Waals surface area contributed by atoms with E-state index in [0.717, 1.165) is 18.8 Å². The van der Waals surface area contributed by atoms with Gasteiger partial charge >= 0.3 is 0 Å². The lowest BCUT2D eigenvalue weighted by molar-refractivity contribution is 0.276. The van der Waals surface area contributed by atoms with Crippen molar-refractivity contribution in [2.45, 2.75) is 20.0 Å². The van der Waals surface area contributed by atoms with Crippen LogP contribution in [0.3, 0.4) is 0 Å². The molecule has 0 bridgehead atoms. The Morgan fingerprint density at radius 1 is 1.27 bits per heavy atom. The van der Waals surface area contributed by atoms with Gasteiger partial charge in [0.25, 0.3) is 0 Å². The Labute approximate surface area is 90.2 Å². The molecule has 1 heterocycles. The van der Waals surface area contributed by atoms with Crippen molar-refractivity contribution in [3.05, 3.63) is 23.9 Å². The van der Waals surface area contributed by atoms with E-state index in [2.05, 4.69) is 11.9 Å². The molecule has 0 fully saturated rings. The Morgan fingerprint density at radius 3 is 2.67 bits per heavy atom. The van der Waals surface area contributed by atoms with Crippen molar-refractivity contribution in [3.8, 4) is 0 Å². The highest BCUT2D eigenvalue weighted by Crippen LogP contribution is 2.11. The van der Waals surface area contributed by atoms with Gasteiger partial charge in [-0.1, -0.05) is 13.0 Å². The highest BCUT2D eigenvalue weighted by Gasteiger charge is 2.06. The van der Waals surface area contributed by atoms with E-state index in [9.17, 15) is 0 Å². The van der Waals surface area contributed by atoms with Gasteiger partial charge in [-0.25, -0.2) is 4.98 Å². The van der Waals surface area contributed by atoms with Crippen LogP contribution in [0.15, 0.2) is 18.2 Å². The van der Waals surface area contributed by atoms with Crippen LogP contribution in [-0.2, 0) is 6.61 Å². The van der Waals surface area contributed by atoms with Gasteiger partial charge in [0, 0.05) is 13.1 Å². The van der Waals surface area contributed by atoms with Gasteiger partial charge in [-0.2, -0.15) is 0 Å². The fraction of sp³-hybridized carbons (Fsp3) is 0.545. The van der Waals surface area contributed by atoms with Crippen molar-refractivity contribution in [2.75, 3.05) is 24.6 Å². The molecule has 4 heteroatoms. The maximum absolute atomic E-state index is 8.97. The van der Waals surface area contributed by atoms with Crippen molar-refractivity contribution >= 4 is 5.82 Å². The summed E-state index contributed by atoms with van der Waals surface area (Å²) in [6.07, 6.45) is 1.00. The van der Waals surface area contributed by atoms with Crippen LogP contribution in [-0.4, -0.2) is 34.9 Å². The van der Waals surface area contributed by atoms with Gasteiger partial charge in [0.1, 0.15) is 5.82 Å². The van der Waals surface area contributed by atoms with Crippen LogP contribution in [0.5, 0.6) is 0 Å². The predicted molar refractivity (Wildman–Crippen MR) is 59.7 cm³/mol. The van der Waals surface area contributed by atoms with Crippen LogP contribution in [0.4, 0.5) is 5.82 Å². The molecule has 0 atom stereocenters. The smallest absolute Gasteiger partial charge is 0.128 e. The number of pyridine rings is 1. The molecule has 1 aromatic heterocycles. The summed E-state index contributed by atoms with van der Waals surface area (Å²) in [6.45, 7) is 3.59. The van der Waals surface area contributed by atoms with E-state index in [1.165, 1.54) is 0 Å². The highest BCUT2D eigenvalue weighted by molar-refractivity contribution is 5.39. The maximum atomic E-state index is 8.97. The second-order valence-corrected chi connectivity index (χ2v) is 3.36. The highest BCUT2D eigenvalue weighted by atomic mass is 16.3. The van der Waals surface area contributed by atoms with Crippen molar-refractivity contribution in [1.82, 2.24) is 4.98 Å². The molecule has 0 spiro atoms. The van der Waals surface area contributed by atoms with Crippen LogP contribution in [0.25, 0.3) is 0 Å². The average molecular weight is 210 g/mol. The molecule has 0 aliphatic carbocycles. The molecule has 1 rings (SSSR count). The molecule has 2 N–H and O–H groups in total. The summed E-state index contributed by atoms with van der Waals surface area (Å²) in [5.74, 6) is 0.817. The monoisotopic (exact) mass is 210 g/mol. The molecule has 0 radical (unpaired) electrons. The first-order valence-electron chi connectivity index (χ1n) is 5.24. The lowest BCUT2D eigenvalue weighted by Gasteiger charge is -2.22. The summed E-state index contributed by atoms with van der Waals surface area (Å²) in [4.78, 5) is 6.31. The lowest BCUT2D eigenvalue weighted by atomic mass is 10.3. The van der Waals surface area contributed by atoms with Crippen LogP contribution >= 0.6 is 0 Å². The van der Waals surface area contributed by atoms with Gasteiger partial charge in [-0.05, 0) is 18.6 Å². The molecule has 15 heavy (non-hydrogen) atoms. The summed E-state index contributed by atoms with van der Waals surface area (Å²) in [6, 6.07) is 5.55. The standard InChI is InChI=1S/C11H18N2O2/c1-2-6-13(7-8-14)11-5-3-4-10(9-15)12-11/h3-5,14-15H,2,6-9H2,1H3. The summed E-state index contributed by atoms with van der Waals surface area (Å²) in [7, 11) is 0. The Morgan fingerprint density at radius 2 is 2.07 bits per heavy atom. The second kappa shape index (κ2) is 6.37. The number of aliphatic hydroxyl groups excluding tert-OH is 2. The fourth-order valence-corrected chi connectivity index (χ4v) is 1.46. The van der Waals surface area contributed by atoms with Crippen molar-refractivity contribution in [2.24, 2.45) is 0 Å². The molecule has 0 saturated heterocycles. The Hall–Kier alpha value is -1.13. The summed E-state index contributed by atoms with van der Waals surface area (Å²) >= 11 is 0. The first-order valence-corrected chi connectivity index (χ1v) is 5.24. The third-order valence-electron chi connectivity index (χ3n) is 2.14. The number of hydrogen-bond donors (Lipinski definition) is 2. The minimum absolute atomic E-state index is 0.0487. The Kier molecular flexibility index (Phi) is 5.07. The molecular weight excluding hydrogens is 192 g/mol. The maximum Gasteiger partial charge on any atom is 0.128 e. The number of aromatic nitrogens is 1. The summed E-state index contributed by atoms with van der Waals surface area (Å²) < 4.78 is 0. The van der Waals surface area contributed by atoms with E-state index in [-0.39, 0.29) is 13.2 Å². The number of nitrogens with zero attached hydrogens (tertiary/aromatic N) is 2. The zero-order chi connectivity index (χ0) is 11.1. The minimum Gasteiger partial charge on any atom is -0.395 e. The van der Waals surface area contributed by atoms with Crippen molar-refractivity contribution in [1.29, 1.82) is 0 Å². The van der Waals surface area contributed by atoms with E-state index in [1.807, 2.05) is 17.0 Å². The summed E-state index contributed by atoms with van der Waals surface area (Å²) in [5.41, 5.74) is 0.659. The molecule has 0 amide bonds. The van der Waals surface area contributed by atoms with Crippen LogP contribution in [0, 0.1) is 0 Å². The van der Waals surface area contributed by atoms with Crippen molar-refractivity contribution in [3.63, 3.8) is 0 Å². The van der Waals surface area contributed by atoms with Crippen LogP contribution in [0.1, 0.15) is 19.0 Å². The van der Waals surface area contributed by atoms with Crippen LogP contribution in [0.2, 0.25) is 0 Å². The second-order valence-electron chi connectivity index (χ2n) is 3.36. The SMILES string of the molecule is CCCN(CCO)c1cccc(CO)n1. The van der Waals surface area contributed by atoms with E-state index in [0.29, 0.717) is 12.2 Å². The Bertz CT molecular complexity index is 286. The van der Waals surface area contributed by atoms with E-state index >= 15 is 0 Å². The van der Waals surface area contributed by atoms with E-state index in [1.54, 1.807) is 6.07 Å². The largest absolute Gasteiger partial charge is 0.395 e. The molecule has 84 valence electrons. The predicted octanol–water partition coefficient (Wildman–Crippen LogP) is 0.783. The van der Waals surface area contributed by atoms with Gasteiger partial charge in [0.2, 0.25) is 0 Å². The van der Waals surface area contributed by atoms with Gasteiger partial charge in [-0.15, -0.1) is 0 Å². The molecule has 4 nitrogen and oxygen atoms in total. The van der Waals surface area contributed by atoms with Gasteiger partial charge in [-0.3, -0.25) is 0 Å². The molecule has 0 saturated carbocycles. The number of aliphatic hydroxyl groups is 2. The molecule has 0 aliphatic rings. The lowest BCUT2D eigenvalue weighted by Crippen LogP contribution is -2.28. The molecule has 0 aromatic carbocycles. The number of rotatable bonds is 6. The molecule has 0 aliphatic heterocycles. The van der Waals surface area contributed by atoms with Gasteiger partial charge in [0.15, 0.2) is 0 Å². The zero-order valence-corrected chi connectivity index (χ0v) is 9.06. The normalized spacial score (nSPS) is 10.3. The average Bonchev–Trinajstić information content (AvgIpc) is 2.29.